The zero-order chi connectivity index (χ0) is 12.3. The Labute approximate surface area is 97.6 Å². The van der Waals surface area contributed by atoms with Crippen LogP contribution in [0, 0.1) is 0 Å². The molecule has 0 spiro atoms. The van der Waals surface area contributed by atoms with Crippen molar-refractivity contribution in [2.75, 3.05) is 5.73 Å². The van der Waals surface area contributed by atoms with E-state index in [0.717, 1.165) is 0 Å². The number of carbonyl (C=O) groups excluding carboxylic acids is 1. The minimum atomic E-state index is -1.28. The van der Waals surface area contributed by atoms with Crippen molar-refractivity contribution >= 4 is 23.2 Å². The Kier molecular flexibility index (Phi) is 4.12. The lowest BCUT2D eigenvalue weighted by Crippen LogP contribution is -2.26. The van der Waals surface area contributed by atoms with Crippen LogP contribution < -0.4 is 11.5 Å². The smallest absolute Gasteiger partial charge is 0.220 e. The number of hydrogen-bond acceptors (Lipinski definition) is 4. The first-order chi connectivity index (χ1) is 7.41. The average molecular weight is 245 g/mol. The highest BCUT2D eigenvalue weighted by molar-refractivity contribution is 6.30. The van der Waals surface area contributed by atoms with E-state index in [4.69, 9.17) is 23.1 Å². The molecule has 0 radical (unpaired) electrons. The first-order valence-electron chi connectivity index (χ1n) is 4.61. The van der Waals surface area contributed by atoms with Crippen LogP contribution in [-0.2, 0) is 4.79 Å². The zero-order valence-electron chi connectivity index (χ0n) is 8.43. The average Bonchev–Trinajstić information content (AvgIpc) is 2.15. The van der Waals surface area contributed by atoms with Gasteiger partial charge in [-0.3, -0.25) is 4.79 Å². The second kappa shape index (κ2) is 5.16. The normalized spacial score (nSPS) is 14.4. The predicted octanol–water partition coefficient (Wildman–Crippen LogP) is 0.192. The standard InChI is InChI=1S/C10H13ClN2O3/c11-5-1-2-6(7(12)3-5)10(16)8(14)4-9(13)15/h1-3,8,10,14,16H,4,12H2,(H2,13,15). The van der Waals surface area contributed by atoms with Crippen molar-refractivity contribution < 1.29 is 15.0 Å². The fraction of sp³-hybridized carbons (Fsp3) is 0.300. The van der Waals surface area contributed by atoms with E-state index in [0.29, 0.717) is 10.6 Å². The third-order valence-corrected chi connectivity index (χ3v) is 2.38. The van der Waals surface area contributed by atoms with Crippen molar-refractivity contribution in [1.82, 2.24) is 0 Å². The number of amides is 1. The largest absolute Gasteiger partial charge is 0.398 e. The first-order valence-corrected chi connectivity index (χ1v) is 4.99. The lowest BCUT2D eigenvalue weighted by molar-refractivity contribution is -0.121. The molecule has 6 heteroatoms. The van der Waals surface area contributed by atoms with Crippen molar-refractivity contribution in [3.05, 3.63) is 28.8 Å². The maximum atomic E-state index is 10.6. The maximum Gasteiger partial charge on any atom is 0.220 e. The quantitative estimate of drug-likeness (QED) is 0.567. The van der Waals surface area contributed by atoms with E-state index in [9.17, 15) is 15.0 Å². The molecular weight excluding hydrogens is 232 g/mol. The second-order valence-corrected chi connectivity index (χ2v) is 3.89. The highest BCUT2D eigenvalue weighted by Crippen LogP contribution is 2.26. The van der Waals surface area contributed by atoms with Crippen LogP contribution in [-0.4, -0.2) is 22.2 Å². The van der Waals surface area contributed by atoms with Crippen LogP contribution >= 0.6 is 11.6 Å². The number of aliphatic hydroxyl groups excluding tert-OH is 2. The summed E-state index contributed by atoms with van der Waals surface area (Å²) < 4.78 is 0. The van der Waals surface area contributed by atoms with Gasteiger partial charge in [0.15, 0.2) is 0 Å². The summed E-state index contributed by atoms with van der Waals surface area (Å²) in [5, 5.41) is 19.7. The molecular formula is C10H13ClN2O3. The molecule has 2 unspecified atom stereocenters. The van der Waals surface area contributed by atoms with Crippen LogP contribution in [0.15, 0.2) is 18.2 Å². The molecule has 1 aromatic carbocycles. The number of nitrogen functional groups attached to an aromatic ring is 1. The molecule has 0 aliphatic heterocycles. The Morgan fingerprint density at radius 1 is 1.44 bits per heavy atom. The SMILES string of the molecule is NC(=O)CC(O)C(O)c1ccc(Cl)cc1N. The minimum absolute atomic E-state index is 0.253. The van der Waals surface area contributed by atoms with Crippen molar-refractivity contribution in [1.29, 1.82) is 0 Å². The fourth-order valence-corrected chi connectivity index (χ4v) is 1.52. The van der Waals surface area contributed by atoms with E-state index in [2.05, 4.69) is 0 Å². The predicted molar refractivity (Wildman–Crippen MR) is 60.6 cm³/mol. The summed E-state index contributed by atoms with van der Waals surface area (Å²) in [6.45, 7) is 0. The molecule has 0 bridgehead atoms. The van der Waals surface area contributed by atoms with Gasteiger partial charge in [0.25, 0.3) is 0 Å². The van der Waals surface area contributed by atoms with E-state index >= 15 is 0 Å². The lowest BCUT2D eigenvalue weighted by Gasteiger charge is -2.18. The van der Waals surface area contributed by atoms with Gasteiger partial charge in [-0.15, -0.1) is 0 Å². The van der Waals surface area contributed by atoms with E-state index in [1.165, 1.54) is 18.2 Å². The molecule has 88 valence electrons. The van der Waals surface area contributed by atoms with Crippen molar-refractivity contribution in [3.8, 4) is 0 Å². The van der Waals surface area contributed by atoms with Crippen molar-refractivity contribution in [2.24, 2.45) is 5.73 Å². The van der Waals surface area contributed by atoms with Gasteiger partial charge < -0.3 is 21.7 Å². The van der Waals surface area contributed by atoms with Gasteiger partial charge in [0, 0.05) is 16.3 Å². The molecule has 16 heavy (non-hydrogen) atoms. The molecule has 6 N–H and O–H groups in total. The van der Waals surface area contributed by atoms with Gasteiger partial charge in [0.2, 0.25) is 5.91 Å². The second-order valence-electron chi connectivity index (χ2n) is 3.46. The van der Waals surface area contributed by atoms with E-state index in [1.807, 2.05) is 0 Å². The highest BCUT2D eigenvalue weighted by atomic mass is 35.5. The Morgan fingerprint density at radius 3 is 2.56 bits per heavy atom. The molecule has 1 rings (SSSR count). The topological polar surface area (TPSA) is 110 Å². The van der Waals surface area contributed by atoms with Gasteiger partial charge >= 0.3 is 0 Å². The number of rotatable bonds is 4. The van der Waals surface area contributed by atoms with Crippen LogP contribution in [0.3, 0.4) is 0 Å². The number of anilines is 1. The molecule has 0 aliphatic rings. The summed E-state index contributed by atoms with van der Waals surface area (Å²) in [5.74, 6) is -0.695. The third kappa shape index (κ3) is 3.10. The number of halogens is 1. The number of carbonyl (C=O) groups is 1. The van der Waals surface area contributed by atoms with E-state index in [-0.39, 0.29) is 12.1 Å². The number of benzene rings is 1. The Morgan fingerprint density at radius 2 is 2.06 bits per heavy atom. The summed E-state index contributed by atoms with van der Waals surface area (Å²) in [6.07, 6.45) is -2.87. The van der Waals surface area contributed by atoms with E-state index < -0.39 is 18.1 Å². The first kappa shape index (κ1) is 12.8. The molecule has 2 atom stereocenters. The van der Waals surface area contributed by atoms with E-state index in [1.54, 1.807) is 0 Å². The zero-order valence-corrected chi connectivity index (χ0v) is 9.19. The molecule has 0 saturated carbocycles. The molecule has 0 heterocycles. The molecule has 1 amide bonds. The van der Waals surface area contributed by atoms with Crippen LogP contribution in [0.25, 0.3) is 0 Å². The van der Waals surface area contributed by atoms with Gasteiger partial charge in [0.1, 0.15) is 6.10 Å². The molecule has 0 fully saturated rings. The molecule has 0 aliphatic carbocycles. The fourth-order valence-electron chi connectivity index (χ4n) is 1.34. The minimum Gasteiger partial charge on any atom is -0.398 e. The van der Waals surface area contributed by atoms with Gasteiger partial charge in [-0.2, -0.15) is 0 Å². The summed E-state index contributed by atoms with van der Waals surface area (Å²) in [7, 11) is 0. The molecule has 0 aromatic heterocycles. The maximum absolute atomic E-state index is 10.6. The summed E-state index contributed by atoms with van der Waals surface area (Å²) in [4.78, 5) is 10.6. The lowest BCUT2D eigenvalue weighted by atomic mass is 10.0. The Bertz CT molecular complexity index is 398. The van der Waals surface area contributed by atoms with Crippen molar-refractivity contribution in [2.45, 2.75) is 18.6 Å². The number of nitrogens with two attached hydrogens (primary N) is 2. The number of aliphatic hydroxyl groups is 2. The molecule has 0 saturated heterocycles. The Hall–Kier alpha value is -1.30. The number of primary amides is 1. The van der Waals surface area contributed by atoms with Gasteiger partial charge in [-0.05, 0) is 12.1 Å². The monoisotopic (exact) mass is 244 g/mol. The summed E-state index contributed by atoms with van der Waals surface area (Å²) in [6, 6.07) is 4.48. The van der Waals surface area contributed by atoms with Crippen LogP contribution in [0.5, 0.6) is 0 Å². The third-order valence-electron chi connectivity index (χ3n) is 2.14. The van der Waals surface area contributed by atoms with Crippen molar-refractivity contribution in [3.63, 3.8) is 0 Å². The number of hydrogen-bond donors (Lipinski definition) is 4. The Balaban J connectivity index is 2.87. The summed E-state index contributed by atoms with van der Waals surface area (Å²) >= 11 is 5.69. The van der Waals surface area contributed by atoms with Crippen LogP contribution in [0.2, 0.25) is 5.02 Å². The molecule has 5 nitrogen and oxygen atoms in total. The van der Waals surface area contributed by atoms with Crippen LogP contribution in [0.1, 0.15) is 18.1 Å². The van der Waals surface area contributed by atoms with Gasteiger partial charge in [0.05, 0.1) is 12.5 Å². The van der Waals surface area contributed by atoms with Gasteiger partial charge in [-0.1, -0.05) is 17.7 Å². The summed E-state index contributed by atoms with van der Waals surface area (Å²) in [5.41, 5.74) is 11.1. The molecule has 1 aromatic rings. The van der Waals surface area contributed by atoms with Crippen LogP contribution in [0.4, 0.5) is 5.69 Å². The highest BCUT2D eigenvalue weighted by Gasteiger charge is 2.22. The van der Waals surface area contributed by atoms with Gasteiger partial charge in [-0.25, -0.2) is 0 Å².